The Morgan fingerprint density at radius 2 is 2.10 bits per heavy atom. The molecule has 0 spiro atoms. The monoisotopic (exact) mass is 297 g/mol. The van der Waals surface area contributed by atoms with Gasteiger partial charge in [-0.05, 0) is 57.4 Å². The Morgan fingerprint density at radius 1 is 1.38 bits per heavy atom. The second-order valence-corrected chi connectivity index (χ2v) is 6.89. The van der Waals surface area contributed by atoms with Gasteiger partial charge in [-0.1, -0.05) is 6.42 Å². The van der Waals surface area contributed by atoms with Gasteiger partial charge < -0.3 is 16.2 Å². The standard InChI is InChI=1S/C16H31N3O2/c1-12(13-5-6-13)19(10-11-21-2)9-7-14-4-3-8-16(14,18)15(17)20/h12-14H,3-11,18H2,1-2H3,(H2,17,20). The summed E-state index contributed by atoms with van der Waals surface area (Å²) in [6.07, 6.45) is 6.42. The molecule has 21 heavy (non-hydrogen) atoms. The third-order valence-electron chi connectivity index (χ3n) is 5.56. The number of ether oxygens (including phenoxy) is 1. The number of amides is 1. The highest BCUT2D eigenvalue weighted by atomic mass is 16.5. The van der Waals surface area contributed by atoms with Gasteiger partial charge >= 0.3 is 0 Å². The van der Waals surface area contributed by atoms with Gasteiger partial charge in [-0.15, -0.1) is 0 Å². The van der Waals surface area contributed by atoms with E-state index in [1.165, 1.54) is 12.8 Å². The lowest BCUT2D eigenvalue weighted by atomic mass is 9.84. The van der Waals surface area contributed by atoms with Gasteiger partial charge in [-0.25, -0.2) is 0 Å². The summed E-state index contributed by atoms with van der Waals surface area (Å²) in [5.41, 5.74) is 11.0. The molecular weight excluding hydrogens is 266 g/mol. The van der Waals surface area contributed by atoms with Crippen molar-refractivity contribution in [3.05, 3.63) is 0 Å². The Hall–Kier alpha value is -0.650. The molecule has 0 heterocycles. The van der Waals surface area contributed by atoms with Gasteiger partial charge in [0.1, 0.15) is 0 Å². The van der Waals surface area contributed by atoms with Crippen LogP contribution in [0.15, 0.2) is 0 Å². The lowest BCUT2D eigenvalue weighted by molar-refractivity contribution is -0.124. The lowest BCUT2D eigenvalue weighted by Crippen LogP contribution is -2.55. The summed E-state index contributed by atoms with van der Waals surface area (Å²) in [7, 11) is 1.74. The van der Waals surface area contributed by atoms with Crippen LogP contribution in [-0.2, 0) is 9.53 Å². The van der Waals surface area contributed by atoms with E-state index in [2.05, 4.69) is 11.8 Å². The molecule has 2 aliphatic carbocycles. The van der Waals surface area contributed by atoms with Gasteiger partial charge in [-0.3, -0.25) is 9.69 Å². The fourth-order valence-corrected chi connectivity index (χ4v) is 3.75. The average molecular weight is 297 g/mol. The van der Waals surface area contributed by atoms with Crippen LogP contribution in [0.3, 0.4) is 0 Å². The SMILES string of the molecule is COCCN(CCC1CCCC1(N)C(N)=O)C(C)C1CC1. The van der Waals surface area contributed by atoms with Gasteiger partial charge in [0.05, 0.1) is 12.1 Å². The zero-order valence-corrected chi connectivity index (χ0v) is 13.5. The van der Waals surface area contributed by atoms with E-state index in [1.807, 2.05) is 0 Å². The van der Waals surface area contributed by atoms with Crippen molar-refractivity contribution >= 4 is 5.91 Å². The lowest BCUT2D eigenvalue weighted by Gasteiger charge is -2.33. The Labute approximate surface area is 128 Å². The van der Waals surface area contributed by atoms with Crippen LogP contribution in [-0.4, -0.2) is 49.2 Å². The molecule has 0 saturated heterocycles. The van der Waals surface area contributed by atoms with Gasteiger partial charge in [0.25, 0.3) is 0 Å². The molecule has 0 bridgehead atoms. The minimum Gasteiger partial charge on any atom is -0.383 e. The largest absolute Gasteiger partial charge is 0.383 e. The molecule has 0 aliphatic heterocycles. The number of carbonyl (C=O) groups excluding carboxylic acids is 1. The molecule has 5 heteroatoms. The summed E-state index contributed by atoms with van der Waals surface area (Å²) in [5.74, 6) is 0.735. The van der Waals surface area contributed by atoms with E-state index >= 15 is 0 Å². The van der Waals surface area contributed by atoms with Crippen LogP contribution in [0.2, 0.25) is 0 Å². The summed E-state index contributed by atoms with van der Waals surface area (Å²) in [5, 5.41) is 0. The number of nitrogens with two attached hydrogens (primary N) is 2. The molecule has 2 rings (SSSR count). The van der Waals surface area contributed by atoms with Crippen molar-refractivity contribution in [1.82, 2.24) is 4.90 Å². The van der Waals surface area contributed by atoms with Crippen molar-refractivity contribution < 1.29 is 9.53 Å². The third-order valence-corrected chi connectivity index (χ3v) is 5.56. The van der Waals surface area contributed by atoms with Crippen LogP contribution in [0.4, 0.5) is 0 Å². The molecule has 1 amide bonds. The summed E-state index contributed by atoms with van der Waals surface area (Å²) in [6, 6.07) is 0.599. The first kappa shape index (κ1) is 16.7. The quantitative estimate of drug-likeness (QED) is 0.668. The van der Waals surface area contributed by atoms with Crippen LogP contribution in [0.25, 0.3) is 0 Å². The van der Waals surface area contributed by atoms with Crippen LogP contribution >= 0.6 is 0 Å². The Kier molecular flexibility index (Phi) is 5.63. The summed E-state index contributed by atoms with van der Waals surface area (Å²) in [4.78, 5) is 14.2. The topological polar surface area (TPSA) is 81.6 Å². The molecule has 2 aliphatic rings. The van der Waals surface area contributed by atoms with E-state index < -0.39 is 5.54 Å². The van der Waals surface area contributed by atoms with Crippen molar-refractivity contribution in [2.24, 2.45) is 23.3 Å². The Morgan fingerprint density at radius 3 is 2.67 bits per heavy atom. The van der Waals surface area contributed by atoms with Crippen LogP contribution in [0, 0.1) is 11.8 Å². The highest BCUT2D eigenvalue weighted by Crippen LogP contribution is 2.38. The molecule has 3 unspecified atom stereocenters. The molecule has 2 saturated carbocycles. The molecule has 0 aromatic heterocycles. The molecule has 3 atom stereocenters. The molecule has 122 valence electrons. The number of hydrogen-bond donors (Lipinski definition) is 2. The number of nitrogens with zero attached hydrogens (tertiary/aromatic N) is 1. The highest BCUT2D eigenvalue weighted by molar-refractivity contribution is 5.85. The van der Waals surface area contributed by atoms with Crippen molar-refractivity contribution in [1.29, 1.82) is 0 Å². The molecule has 2 fully saturated rings. The number of hydrogen-bond acceptors (Lipinski definition) is 4. The smallest absolute Gasteiger partial charge is 0.237 e. The van der Waals surface area contributed by atoms with Crippen molar-refractivity contribution in [2.75, 3.05) is 26.8 Å². The number of rotatable bonds is 9. The summed E-state index contributed by atoms with van der Waals surface area (Å²) >= 11 is 0. The maximum atomic E-state index is 11.7. The van der Waals surface area contributed by atoms with E-state index in [-0.39, 0.29) is 11.8 Å². The van der Waals surface area contributed by atoms with Gasteiger partial charge in [0.15, 0.2) is 0 Å². The molecule has 0 radical (unpaired) electrons. The second-order valence-electron chi connectivity index (χ2n) is 6.89. The first-order chi connectivity index (χ1) is 9.99. The number of methoxy groups -OCH3 is 1. The fraction of sp³-hybridized carbons (Fsp3) is 0.938. The highest BCUT2D eigenvalue weighted by Gasteiger charge is 2.44. The third kappa shape index (κ3) is 3.96. The summed E-state index contributed by atoms with van der Waals surface area (Å²) < 4.78 is 5.23. The van der Waals surface area contributed by atoms with Gasteiger partial charge in [0, 0.05) is 19.7 Å². The maximum absolute atomic E-state index is 11.7. The van der Waals surface area contributed by atoms with Crippen molar-refractivity contribution in [3.8, 4) is 0 Å². The number of carbonyl (C=O) groups is 1. The van der Waals surface area contributed by atoms with Crippen molar-refractivity contribution in [3.63, 3.8) is 0 Å². The van der Waals surface area contributed by atoms with Crippen LogP contribution in [0.1, 0.15) is 45.4 Å². The Balaban J connectivity index is 1.89. The number of primary amides is 1. The normalized spacial score (nSPS) is 30.8. The molecule has 4 N–H and O–H groups in total. The maximum Gasteiger partial charge on any atom is 0.237 e. The van der Waals surface area contributed by atoms with Crippen molar-refractivity contribution in [2.45, 2.75) is 57.0 Å². The predicted molar refractivity (Wildman–Crippen MR) is 83.7 cm³/mol. The van der Waals surface area contributed by atoms with E-state index in [9.17, 15) is 4.79 Å². The molecular formula is C16H31N3O2. The minimum atomic E-state index is -0.782. The second kappa shape index (κ2) is 7.07. The van der Waals surface area contributed by atoms with E-state index in [0.717, 1.165) is 51.3 Å². The van der Waals surface area contributed by atoms with Gasteiger partial charge in [-0.2, -0.15) is 0 Å². The van der Waals surface area contributed by atoms with Crippen LogP contribution < -0.4 is 11.5 Å². The van der Waals surface area contributed by atoms with Crippen LogP contribution in [0.5, 0.6) is 0 Å². The van der Waals surface area contributed by atoms with E-state index in [1.54, 1.807) is 7.11 Å². The first-order valence-electron chi connectivity index (χ1n) is 8.30. The molecule has 0 aromatic carbocycles. The molecule has 0 aromatic rings. The fourth-order valence-electron chi connectivity index (χ4n) is 3.75. The molecule has 5 nitrogen and oxygen atoms in total. The van der Waals surface area contributed by atoms with E-state index in [0.29, 0.717) is 6.04 Å². The average Bonchev–Trinajstić information content (AvgIpc) is 3.23. The predicted octanol–water partition coefficient (Wildman–Crippen LogP) is 1.11. The van der Waals surface area contributed by atoms with E-state index in [4.69, 9.17) is 16.2 Å². The minimum absolute atomic E-state index is 0.228. The zero-order chi connectivity index (χ0) is 15.5. The first-order valence-corrected chi connectivity index (χ1v) is 8.30. The van der Waals surface area contributed by atoms with Gasteiger partial charge in [0.2, 0.25) is 5.91 Å². The summed E-state index contributed by atoms with van der Waals surface area (Å²) in [6.45, 7) is 5.00. The Bertz CT molecular complexity index is 359. The zero-order valence-electron chi connectivity index (χ0n) is 13.5.